The van der Waals surface area contributed by atoms with E-state index in [2.05, 4.69) is 113 Å². The van der Waals surface area contributed by atoms with Gasteiger partial charge >= 0.3 is 0 Å². The van der Waals surface area contributed by atoms with Crippen LogP contribution >= 0.6 is 15.9 Å². The predicted octanol–water partition coefficient (Wildman–Crippen LogP) is 9.25. The van der Waals surface area contributed by atoms with Gasteiger partial charge in [-0.2, -0.15) is 0 Å². The summed E-state index contributed by atoms with van der Waals surface area (Å²) in [4.78, 5) is 5.11. The summed E-state index contributed by atoms with van der Waals surface area (Å²) in [5.74, 6) is 0. The third-order valence-corrected chi connectivity index (χ3v) is 6.87. The van der Waals surface area contributed by atoms with Gasteiger partial charge in [-0.15, -0.1) is 0 Å². The van der Waals surface area contributed by atoms with E-state index in [1.165, 1.54) is 16.3 Å². The molecule has 0 aliphatic heterocycles. The minimum Gasteiger partial charge on any atom is -0.399 e. The third-order valence-electron chi connectivity index (χ3n) is 6.42. The molecule has 172 valence electrons. The van der Waals surface area contributed by atoms with E-state index in [1.54, 1.807) is 0 Å². The highest BCUT2D eigenvalue weighted by atomic mass is 79.9. The Morgan fingerprint density at radius 2 is 1.06 bits per heavy atom. The molecule has 0 atom stereocenters. The Labute approximate surface area is 219 Å². The summed E-state index contributed by atoms with van der Waals surface area (Å²) < 4.78 is 1.02. The molecule has 0 amide bonds. The lowest BCUT2D eigenvalue weighted by Crippen LogP contribution is -1.93. The Bertz CT molecular complexity index is 1690. The van der Waals surface area contributed by atoms with Crippen LogP contribution < -0.4 is 5.73 Å². The minimum atomic E-state index is 0.740. The Morgan fingerprint density at radius 3 is 1.83 bits per heavy atom. The zero-order valence-corrected chi connectivity index (χ0v) is 21.1. The van der Waals surface area contributed by atoms with Gasteiger partial charge in [0, 0.05) is 21.3 Å². The van der Waals surface area contributed by atoms with Crippen molar-refractivity contribution in [3.63, 3.8) is 0 Å². The van der Waals surface area contributed by atoms with Crippen LogP contribution in [-0.4, -0.2) is 4.98 Å². The highest BCUT2D eigenvalue weighted by Crippen LogP contribution is 2.35. The van der Waals surface area contributed by atoms with Crippen molar-refractivity contribution in [2.45, 2.75) is 0 Å². The molecule has 0 saturated carbocycles. The number of fused-ring (bicyclic) bond motifs is 1. The standard InChI is InChI=1S/C33H23BrN2/c34-30-18-27(22-6-2-1-3-7-22)17-29(19-30)33-21-28(20-32(36-33)24-12-14-31(35)15-13-24)26-11-10-23-8-4-5-9-25(23)16-26/h1-21H,35H2. The van der Waals surface area contributed by atoms with Gasteiger partial charge in [-0.1, -0.05) is 94.8 Å². The number of aromatic nitrogens is 1. The van der Waals surface area contributed by atoms with Crippen molar-refractivity contribution in [1.29, 1.82) is 0 Å². The smallest absolute Gasteiger partial charge is 0.0716 e. The molecule has 0 spiro atoms. The van der Waals surface area contributed by atoms with E-state index in [1.807, 2.05) is 30.3 Å². The predicted molar refractivity (Wildman–Crippen MR) is 156 cm³/mol. The quantitative estimate of drug-likeness (QED) is 0.232. The van der Waals surface area contributed by atoms with E-state index < -0.39 is 0 Å². The second-order valence-electron chi connectivity index (χ2n) is 8.90. The van der Waals surface area contributed by atoms with Crippen LogP contribution in [0.3, 0.4) is 0 Å². The van der Waals surface area contributed by atoms with Gasteiger partial charge in [-0.25, -0.2) is 4.98 Å². The zero-order chi connectivity index (χ0) is 24.5. The van der Waals surface area contributed by atoms with Crippen LogP contribution in [0.1, 0.15) is 0 Å². The fourth-order valence-electron chi connectivity index (χ4n) is 4.55. The average molecular weight is 527 g/mol. The highest BCUT2D eigenvalue weighted by Gasteiger charge is 2.12. The number of anilines is 1. The monoisotopic (exact) mass is 526 g/mol. The van der Waals surface area contributed by atoms with Crippen LogP contribution in [0.5, 0.6) is 0 Å². The number of nitrogens with two attached hydrogens (primary N) is 1. The van der Waals surface area contributed by atoms with Gasteiger partial charge < -0.3 is 5.73 Å². The maximum absolute atomic E-state index is 5.96. The first kappa shape index (κ1) is 22.3. The lowest BCUT2D eigenvalue weighted by atomic mass is 9.96. The Balaban J connectivity index is 1.55. The molecule has 1 aromatic heterocycles. The van der Waals surface area contributed by atoms with Gasteiger partial charge in [0.2, 0.25) is 0 Å². The summed E-state index contributed by atoms with van der Waals surface area (Å²) in [6.07, 6.45) is 0. The van der Waals surface area contributed by atoms with Crippen LogP contribution in [0.4, 0.5) is 5.69 Å². The third kappa shape index (κ3) is 4.53. The fourth-order valence-corrected chi connectivity index (χ4v) is 5.04. The maximum atomic E-state index is 5.96. The van der Waals surface area contributed by atoms with Crippen LogP contribution in [0.15, 0.2) is 132 Å². The van der Waals surface area contributed by atoms with Gasteiger partial charge in [0.05, 0.1) is 11.4 Å². The number of hydrogen-bond acceptors (Lipinski definition) is 2. The van der Waals surface area contributed by atoms with Crippen molar-refractivity contribution in [2.75, 3.05) is 5.73 Å². The molecule has 2 nitrogen and oxygen atoms in total. The molecule has 0 unspecified atom stereocenters. The molecule has 2 N–H and O–H groups in total. The number of nitrogens with zero attached hydrogens (tertiary/aromatic N) is 1. The first-order valence-electron chi connectivity index (χ1n) is 11.9. The number of halogens is 1. The summed E-state index contributed by atoms with van der Waals surface area (Å²) in [7, 11) is 0. The summed E-state index contributed by atoms with van der Waals surface area (Å²) >= 11 is 3.73. The molecule has 0 aliphatic rings. The summed E-state index contributed by atoms with van der Waals surface area (Å²) in [6, 6.07) is 44.2. The summed E-state index contributed by atoms with van der Waals surface area (Å²) in [6.45, 7) is 0. The van der Waals surface area contributed by atoms with Crippen LogP contribution in [0.25, 0.3) is 55.5 Å². The number of benzene rings is 5. The van der Waals surface area contributed by atoms with Gasteiger partial charge in [0.25, 0.3) is 0 Å². The van der Waals surface area contributed by atoms with E-state index in [0.29, 0.717) is 0 Å². The van der Waals surface area contributed by atoms with E-state index in [4.69, 9.17) is 10.7 Å². The highest BCUT2D eigenvalue weighted by molar-refractivity contribution is 9.10. The largest absolute Gasteiger partial charge is 0.399 e. The second kappa shape index (κ2) is 9.44. The molecule has 6 aromatic rings. The summed E-state index contributed by atoms with van der Waals surface area (Å²) in [5, 5.41) is 2.45. The van der Waals surface area contributed by atoms with E-state index >= 15 is 0 Å². The van der Waals surface area contributed by atoms with Gasteiger partial charge in [-0.05, 0) is 81.6 Å². The van der Waals surface area contributed by atoms with Gasteiger partial charge in [0.1, 0.15) is 0 Å². The maximum Gasteiger partial charge on any atom is 0.0716 e. The molecule has 0 saturated heterocycles. The molecule has 0 fully saturated rings. The molecule has 0 radical (unpaired) electrons. The molecular formula is C33H23BrN2. The lowest BCUT2D eigenvalue weighted by molar-refractivity contribution is 1.32. The van der Waals surface area contributed by atoms with E-state index in [9.17, 15) is 0 Å². The first-order chi connectivity index (χ1) is 17.6. The average Bonchev–Trinajstić information content (AvgIpc) is 2.93. The zero-order valence-electron chi connectivity index (χ0n) is 19.5. The molecule has 3 heteroatoms. The molecule has 0 aliphatic carbocycles. The normalized spacial score (nSPS) is 11.0. The van der Waals surface area contributed by atoms with Crippen LogP contribution in [0.2, 0.25) is 0 Å². The SMILES string of the molecule is Nc1ccc(-c2cc(-c3ccc4ccccc4c3)cc(-c3cc(Br)cc(-c4ccccc4)c3)n2)cc1. The lowest BCUT2D eigenvalue weighted by Gasteiger charge is -2.13. The van der Waals surface area contributed by atoms with Crippen molar-refractivity contribution < 1.29 is 0 Å². The van der Waals surface area contributed by atoms with E-state index in [0.717, 1.165) is 49.4 Å². The van der Waals surface area contributed by atoms with Crippen molar-refractivity contribution in [3.8, 4) is 44.8 Å². The van der Waals surface area contributed by atoms with Gasteiger partial charge in [0.15, 0.2) is 0 Å². The molecule has 36 heavy (non-hydrogen) atoms. The van der Waals surface area contributed by atoms with E-state index in [-0.39, 0.29) is 0 Å². The topological polar surface area (TPSA) is 38.9 Å². The number of nitrogen functional groups attached to an aromatic ring is 1. The number of hydrogen-bond donors (Lipinski definition) is 1. The fraction of sp³-hybridized carbons (Fsp3) is 0. The van der Waals surface area contributed by atoms with Crippen LogP contribution in [0, 0.1) is 0 Å². The Morgan fingerprint density at radius 1 is 0.444 bits per heavy atom. The molecule has 0 bridgehead atoms. The molecular weight excluding hydrogens is 504 g/mol. The summed E-state index contributed by atoms with van der Waals surface area (Å²) in [5.41, 5.74) is 15.2. The number of rotatable bonds is 4. The molecule has 6 rings (SSSR count). The first-order valence-corrected chi connectivity index (χ1v) is 12.7. The minimum absolute atomic E-state index is 0.740. The van der Waals surface area contributed by atoms with Crippen molar-refractivity contribution in [1.82, 2.24) is 4.98 Å². The molecule has 1 heterocycles. The Kier molecular flexibility index (Phi) is 5.84. The van der Waals surface area contributed by atoms with Crippen molar-refractivity contribution in [2.24, 2.45) is 0 Å². The molecule has 5 aromatic carbocycles. The van der Waals surface area contributed by atoms with Crippen LogP contribution in [-0.2, 0) is 0 Å². The van der Waals surface area contributed by atoms with Crippen molar-refractivity contribution in [3.05, 3.63) is 132 Å². The number of pyridine rings is 1. The van der Waals surface area contributed by atoms with Crippen molar-refractivity contribution >= 4 is 32.4 Å². The van der Waals surface area contributed by atoms with Gasteiger partial charge in [-0.3, -0.25) is 0 Å². The Hall–Kier alpha value is -4.21. The second-order valence-corrected chi connectivity index (χ2v) is 9.82.